The Kier molecular flexibility index (Phi) is 4.78. The van der Waals surface area contributed by atoms with Gasteiger partial charge in [-0.25, -0.2) is 0 Å². The van der Waals surface area contributed by atoms with Gasteiger partial charge in [-0.15, -0.1) is 0 Å². The molecule has 6 nitrogen and oxygen atoms in total. The number of nitrogens with zero attached hydrogens (tertiary/aromatic N) is 1. The number of ether oxygens (including phenoxy) is 1. The van der Waals surface area contributed by atoms with E-state index >= 15 is 0 Å². The standard InChI is InChI=1S/C14H15N3O3S/c1-9-7-21-8-12(9)14(18)16-10-3-2-4-11(5-10)20-6-13(15)17-19/h2-5,7-8,19H,6H2,1H3,(H2,15,17)(H,16,18). The average molecular weight is 305 g/mol. The number of amidine groups is 1. The molecule has 0 radical (unpaired) electrons. The predicted molar refractivity (Wildman–Crippen MR) is 82.4 cm³/mol. The summed E-state index contributed by atoms with van der Waals surface area (Å²) >= 11 is 1.49. The highest BCUT2D eigenvalue weighted by Crippen LogP contribution is 2.20. The minimum Gasteiger partial charge on any atom is -0.485 e. The molecule has 1 amide bonds. The number of hydrogen-bond acceptors (Lipinski definition) is 5. The van der Waals surface area contributed by atoms with Crippen molar-refractivity contribution in [3.8, 4) is 5.75 Å². The molecule has 1 heterocycles. The SMILES string of the molecule is Cc1cscc1C(=O)Nc1cccc(OCC(N)=NO)c1. The zero-order valence-corrected chi connectivity index (χ0v) is 12.2. The minimum absolute atomic E-state index is 0.0293. The Bertz CT molecular complexity index is 667. The summed E-state index contributed by atoms with van der Waals surface area (Å²) in [5.74, 6) is 0.321. The van der Waals surface area contributed by atoms with Crippen LogP contribution < -0.4 is 15.8 Å². The molecule has 0 saturated carbocycles. The maximum absolute atomic E-state index is 12.1. The Hall–Kier alpha value is -2.54. The number of hydrogen-bond donors (Lipinski definition) is 3. The number of carbonyl (C=O) groups is 1. The highest BCUT2D eigenvalue weighted by Gasteiger charge is 2.10. The van der Waals surface area contributed by atoms with Gasteiger partial charge in [0.25, 0.3) is 5.91 Å². The van der Waals surface area contributed by atoms with Gasteiger partial charge in [0, 0.05) is 17.1 Å². The van der Waals surface area contributed by atoms with Crippen LogP contribution in [0.1, 0.15) is 15.9 Å². The van der Waals surface area contributed by atoms with Crippen molar-refractivity contribution < 1.29 is 14.7 Å². The number of amides is 1. The van der Waals surface area contributed by atoms with E-state index in [-0.39, 0.29) is 18.3 Å². The summed E-state index contributed by atoms with van der Waals surface area (Å²) in [5, 5.41) is 17.8. The van der Waals surface area contributed by atoms with Crippen molar-refractivity contribution in [2.75, 3.05) is 11.9 Å². The summed E-state index contributed by atoms with van der Waals surface area (Å²) in [6, 6.07) is 6.90. The molecule has 4 N–H and O–H groups in total. The van der Waals surface area contributed by atoms with Crippen molar-refractivity contribution in [2.45, 2.75) is 6.92 Å². The molecule has 110 valence electrons. The zero-order chi connectivity index (χ0) is 15.2. The fourth-order valence-corrected chi connectivity index (χ4v) is 2.47. The van der Waals surface area contributed by atoms with Crippen LogP contribution in [-0.4, -0.2) is 23.6 Å². The van der Waals surface area contributed by atoms with Crippen LogP contribution >= 0.6 is 11.3 Å². The molecule has 0 aliphatic carbocycles. The normalized spacial score (nSPS) is 11.2. The molecule has 1 aromatic heterocycles. The van der Waals surface area contributed by atoms with E-state index in [4.69, 9.17) is 15.7 Å². The predicted octanol–water partition coefficient (Wildman–Crippen LogP) is 2.43. The van der Waals surface area contributed by atoms with Crippen LogP contribution in [0.5, 0.6) is 5.75 Å². The lowest BCUT2D eigenvalue weighted by atomic mass is 10.2. The van der Waals surface area contributed by atoms with Gasteiger partial charge in [0.1, 0.15) is 12.4 Å². The number of nitrogens with one attached hydrogen (secondary N) is 1. The summed E-state index contributed by atoms with van der Waals surface area (Å²) in [7, 11) is 0. The second kappa shape index (κ2) is 6.76. The molecule has 0 saturated heterocycles. The minimum atomic E-state index is -0.165. The number of rotatable bonds is 5. The second-order valence-electron chi connectivity index (χ2n) is 4.33. The third-order valence-corrected chi connectivity index (χ3v) is 3.57. The molecule has 0 spiro atoms. The summed E-state index contributed by atoms with van der Waals surface area (Å²) < 4.78 is 5.33. The number of aryl methyl sites for hydroxylation is 1. The van der Waals surface area contributed by atoms with E-state index in [1.807, 2.05) is 17.7 Å². The Morgan fingerprint density at radius 3 is 2.95 bits per heavy atom. The first-order valence-electron chi connectivity index (χ1n) is 6.13. The zero-order valence-electron chi connectivity index (χ0n) is 11.4. The molecule has 0 atom stereocenters. The van der Waals surface area contributed by atoms with Gasteiger partial charge in [-0.2, -0.15) is 11.3 Å². The molecule has 2 aromatic rings. The molecule has 0 aliphatic heterocycles. The highest BCUT2D eigenvalue weighted by molar-refractivity contribution is 7.08. The van der Waals surface area contributed by atoms with E-state index in [0.717, 1.165) is 5.56 Å². The fraction of sp³-hybridized carbons (Fsp3) is 0.143. The number of oxime groups is 1. The topological polar surface area (TPSA) is 96.9 Å². The summed E-state index contributed by atoms with van der Waals surface area (Å²) in [5.41, 5.74) is 7.54. The monoisotopic (exact) mass is 305 g/mol. The number of anilines is 1. The molecule has 0 fully saturated rings. The van der Waals surface area contributed by atoms with Crippen molar-refractivity contribution in [1.29, 1.82) is 0 Å². The number of nitrogens with two attached hydrogens (primary N) is 1. The molecule has 0 bridgehead atoms. The van der Waals surface area contributed by atoms with E-state index in [0.29, 0.717) is 17.0 Å². The van der Waals surface area contributed by atoms with E-state index in [1.165, 1.54) is 11.3 Å². The molecule has 0 aliphatic rings. The molecule has 2 rings (SSSR count). The smallest absolute Gasteiger partial charge is 0.256 e. The first kappa shape index (κ1) is 14.9. The van der Waals surface area contributed by atoms with E-state index in [9.17, 15) is 4.79 Å². The summed E-state index contributed by atoms with van der Waals surface area (Å²) in [4.78, 5) is 12.1. The van der Waals surface area contributed by atoms with Crippen LogP contribution in [0.3, 0.4) is 0 Å². The largest absolute Gasteiger partial charge is 0.485 e. The molecular weight excluding hydrogens is 290 g/mol. The van der Waals surface area contributed by atoms with Crippen LogP contribution in [0, 0.1) is 6.92 Å². The third-order valence-electron chi connectivity index (χ3n) is 2.71. The summed E-state index contributed by atoms with van der Waals surface area (Å²) in [6.07, 6.45) is 0. The molecular formula is C14H15N3O3S. The lowest BCUT2D eigenvalue weighted by molar-refractivity contribution is 0.102. The second-order valence-corrected chi connectivity index (χ2v) is 5.07. The van der Waals surface area contributed by atoms with Crippen LogP contribution in [0.2, 0.25) is 0 Å². The lowest BCUT2D eigenvalue weighted by Crippen LogP contribution is -2.20. The van der Waals surface area contributed by atoms with Gasteiger partial charge in [0.05, 0.1) is 5.56 Å². The third kappa shape index (κ3) is 3.96. The fourth-order valence-electron chi connectivity index (χ4n) is 1.64. The highest BCUT2D eigenvalue weighted by atomic mass is 32.1. The van der Waals surface area contributed by atoms with E-state index in [1.54, 1.807) is 24.3 Å². The van der Waals surface area contributed by atoms with Gasteiger partial charge in [-0.05, 0) is 30.0 Å². The Morgan fingerprint density at radius 1 is 1.48 bits per heavy atom. The molecule has 1 aromatic carbocycles. The van der Waals surface area contributed by atoms with Crippen LogP contribution in [0.15, 0.2) is 40.2 Å². The van der Waals surface area contributed by atoms with E-state index in [2.05, 4.69) is 10.5 Å². The molecule has 21 heavy (non-hydrogen) atoms. The van der Waals surface area contributed by atoms with Gasteiger partial charge in [-0.3, -0.25) is 4.79 Å². The van der Waals surface area contributed by atoms with Crippen molar-refractivity contribution in [1.82, 2.24) is 0 Å². The van der Waals surface area contributed by atoms with Gasteiger partial charge >= 0.3 is 0 Å². The average Bonchev–Trinajstić information content (AvgIpc) is 2.91. The Morgan fingerprint density at radius 2 is 2.29 bits per heavy atom. The quantitative estimate of drug-likeness (QED) is 0.342. The summed E-state index contributed by atoms with van der Waals surface area (Å²) in [6.45, 7) is 1.86. The number of thiophene rings is 1. The van der Waals surface area contributed by atoms with Crippen LogP contribution in [0.25, 0.3) is 0 Å². The maximum atomic E-state index is 12.1. The van der Waals surface area contributed by atoms with Gasteiger partial charge in [0.2, 0.25) is 0 Å². The Balaban J connectivity index is 2.04. The molecule has 0 unspecified atom stereocenters. The van der Waals surface area contributed by atoms with E-state index < -0.39 is 0 Å². The first-order valence-corrected chi connectivity index (χ1v) is 7.08. The van der Waals surface area contributed by atoms with Crippen molar-refractivity contribution in [2.24, 2.45) is 10.9 Å². The van der Waals surface area contributed by atoms with Crippen LogP contribution in [-0.2, 0) is 0 Å². The van der Waals surface area contributed by atoms with Crippen molar-refractivity contribution in [3.05, 3.63) is 46.2 Å². The number of carbonyl (C=O) groups excluding carboxylic acids is 1. The first-order chi connectivity index (χ1) is 10.1. The Labute approximate surface area is 125 Å². The van der Waals surface area contributed by atoms with Gasteiger partial charge < -0.3 is 21.0 Å². The lowest BCUT2D eigenvalue weighted by Gasteiger charge is -2.08. The number of benzene rings is 1. The van der Waals surface area contributed by atoms with Gasteiger partial charge in [-0.1, -0.05) is 11.2 Å². The molecule has 7 heteroatoms. The maximum Gasteiger partial charge on any atom is 0.256 e. The van der Waals surface area contributed by atoms with Crippen molar-refractivity contribution >= 4 is 28.8 Å². The van der Waals surface area contributed by atoms with Gasteiger partial charge in [0.15, 0.2) is 5.84 Å². The van der Waals surface area contributed by atoms with Crippen LogP contribution in [0.4, 0.5) is 5.69 Å². The van der Waals surface area contributed by atoms with Crippen molar-refractivity contribution in [3.63, 3.8) is 0 Å².